The lowest BCUT2D eigenvalue weighted by Gasteiger charge is -2.11. The van der Waals surface area contributed by atoms with Crippen molar-refractivity contribution in [3.8, 4) is 0 Å². The van der Waals surface area contributed by atoms with Crippen LogP contribution in [-0.2, 0) is 0 Å². The zero-order valence-corrected chi connectivity index (χ0v) is 11.3. The summed E-state index contributed by atoms with van der Waals surface area (Å²) in [6.07, 6.45) is 0.452. The average molecular weight is 290 g/mol. The number of benzene rings is 1. The maximum atomic E-state index is 12.0. The first-order valence-electron chi connectivity index (χ1n) is 6.24. The van der Waals surface area contributed by atoms with Crippen molar-refractivity contribution in [2.45, 2.75) is 13.0 Å². The Balaban J connectivity index is 2.07. The molecule has 0 saturated heterocycles. The number of carbonyl (C=O) groups excluding carboxylic acids is 1. The molecule has 1 aromatic heterocycles. The van der Waals surface area contributed by atoms with Gasteiger partial charge in [0.05, 0.1) is 17.7 Å². The number of nitrogens with zero attached hydrogens (tertiary/aromatic N) is 1. The summed E-state index contributed by atoms with van der Waals surface area (Å²) < 4.78 is 5.02. The van der Waals surface area contributed by atoms with E-state index in [9.17, 15) is 20.0 Å². The van der Waals surface area contributed by atoms with Gasteiger partial charge in [-0.2, -0.15) is 0 Å². The minimum absolute atomic E-state index is 0.0471. The summed E-state index contributed by atoms with van der Waals surface area (Å²) >= 11 is 0. The maximum absolute atomic E-state index is 12.0. The van der Waals surface area contributed by atoms with E-state index in [-0.39, 0.29) is 23.4 Å². The highest BCUT2D eigenvalue weighted by Gasteiger charge is 2.19. The Kier molecular flexibility index (Phi) is 4.34. The minimum Gasteiger partial charge on any atom is -0.467 e. The smallest absolute Gasteiger partial charge is 0.273 e. The summed E-state index contributed by atoms with van der Waals surface area (Å²) in [4.78, 5) is 22.3. The summed E-state index contributed by atoms with van der Waals surface area (Å²) in [5.41, 5.74) is 0.373. The Labute approximate surface area is 120 Å². The number of rotatable bonds is 5. The van der Waals surface area contributed by atoms with Crippen LogP contribution in [0.5, 0.6) is 0 Å². The van der Waals surface area contributed by atoms with Gasteiger partial charge in [0.25, 0.3) is 11.6 Å². The van der Waals surface area contributed by atoms with Gasteiger partial charge >= 0.3 is 0 Å². The van der Waals surface area contributed by atoms with E-state index in [1.54, 1.807) is 12.1 Å². The summed E-state index contributed by atoms with van der Waals surface area (Å²) in [7, 11) is 0. The summed E-state index contributed by atoms with van der Waals surface area (Å²) in [6.45, 7) is 1.46. The lowest BCUT2D eigenvalue weighted by atomic mass is 10.1. The zero-order valence-electron chi connectivity index (χ0n) is 11.3. The second kappa shape index (κ2) is 6.19. The fourth-order valence-corrected chi connectivity index (χ4v) is 1.93. The fraction of sp³-hybridized carbons (Fsp3) is 0.214. The molecule has 0 aliphatic rings. The second-order valence-electron chi connectivity index (χ2n) is 4.45. The van der Waals surface area contributed by atoms with Gasteiger partial charge in [-0.05, 0) is 25.1 Å². The van der Waals surface area contributed by atoms with Crippen LogP contribution in [0.1, 0.15) is 27.8 Å². The van der Waals surface area contributed by atoms with Gasteiger partial charge in [0.1, 0.15) is 11.9 Å². The average Bonchev–Trinajstić information content (AvgIpc) is 2.98. The number of carbonyl (C=O) groups is 1. The van der Waals surface area contributed by atoms with Crippen molar-refractivity contribution in [3.63, 3.8) is 0 Å². The van der Waals surface area contributed by atoms with Crippen molar-refractivity contribution in [2.24, 2.45) is 0 Å². The molecule has 7 heteroatoms. The standard InChI is InChI=1S/C14H14N2O5/c1-9-10(4-2-5-11(9)16(19)20)14(18)15-8-12(17)13-6-3-7-21-13/h2-7,12,17H,8H2,1H3,(H,15,18). The van der Waals surface area contributed by atoms with Gasteiger partial charge in [-0.1, -0.05) is 6.07 Å². The highest BCUT2D eigenvalue weighted by Crippen LogP contribution is 2.21. The summed E-state index contributed by atoms with van der Waals surface area (Å²) in [6, 6.07) is 7.50. The Morgan fingerprint density at radius 2 is 2.19 bits per heavy atom. The van der Waals surface area contributed by atoms with E-state index in [2.05, 4.69) is 5.32 Å². The lowest BCUT2D eigenvalue weighted by Crippen LogP contribution is -2.28. The Hall–Kier alpha value is -2.67. The van der Waals surface area contributed by atoms with Crippen LogP contribution in [0.2, 0.25) is 0 Å². The number of aliphatic hydroxyl groups is 1. The van der Waals surface area contributed by atoms with Gasteiger partial charge < -0.3 is 14.8 Å². The van der Waals surface area contributed by atoms with Gasteiger partial charge in [-0.15, -0.1) is 0 Å². The summed E-state index contributed by atoms with van der Waals surface area (Å²) in [5, 5.41) is 23.2. The van der Waals surface area contributed by atoms with E-state index in [0.29, 0.717) is 5.76 Å². The number of nitro groups is 1. The molecular weight excluding hydrogens is 276 g/mol. The maximum Gasteiger partial charge on any atom is 0.273 e. The third-order valence-electron chi connectivity index (χ3n) is 3.07. The number of aliphatic hydroxyl groups excluding tert-OH is 1. The van der Waals surface area contributed by atoms with Crippen LogP contribution in [0.15, 0.2) is 41.0 Å². The zero-order chi connectivity index (χ0) is 15.4. The largest absolute Gasteiger partial charge is 0.467 e. The lowest BCUT2D eigenvalue weighted by molar-refractivity contribution is -0.385. The van der Waals surface area contributed by atoms with Gasteiger partial charge in [0.15, 0.2) is 0 Å². The molecular formula is C14H14N2O5. The van der Waals surface area contributed by atoms with Crippen LogP contribution in [0.4, 0.5) is 5.69 Å². The molecule has 0 saturated carbocycles. The monoisotopic (exact) mass is 290 g/mol. The molecule has 1 aromatic carbocycles. The molecule has 0 aliphatic heterocycles. The minimum atomic E-state index is -0.969. The molecule has 0 aliphatic carbocycles. The van der Waals surface area contributed by atoms with E-state index >= 15 is 0 Å². The van der Waals surface area contributed by atoms with Crippen LogP contribution >= 0.6 is 0 Å². The van der Waals surface area contributed by atoms with Gasteiger partial charge in [0, 0.05) is 17.2 Å². The molecule has 7 nitrogen and oxygen atoms in total. The van der Waals surface area contributed by atoms with Gasteiger partial charge in [-0.25, -0.2) is 0 Å². The van der Waals surface area contributed by atoms with Crippen LogP contribution in [-0.4, -0.2) is 22.5 Å². The Bertz CT molecular complexity index is 651. The fourth-order valence-electron chi connectivity index (χ4n) is 1.93. The number of furan rings is 1. The molecule has 1 heterocycles. The second-order valence-corrected chi connectivity index (χ2v) is 4.45. The molecule has 21 heavy (non-hydrogen) atoms. The number of hydrogen-bond donors (Lipinski definition) is 2. The first kappa shape index (κ1) is 14.7. The quantitative estimate of drug-likeness (QED) is 0.646. The molecule has 0 bridgehead atoms. The van der Waals surface area contributed by atoms with E-state index in [1.165, 1.54) is 31.4 Å². The SMILES string of the molecule is Cc1c(C(=O)NCC(O)c2ccco2)cccc1[N+](=O)[O-]. The molecule has 0 fully saturated rings. The molecule has 0 radical (unpaired) electrons. The topological polar surface area (TPSA) is 106 Å². The van der Waals surface area contributed by atoms with E-state index in [1.807, 2.05) is 0 Å². The number of amides is 1. The van der Waals surface area contributed by atoms with Crippen molar-refractivity contribution >= 4 is 11.6 Å². The normalized spacial score (nSPS) is 11.9. The Morgan fingerprint density at radius 1 is 1.43 bits per heavy atom. The molecule has 1 amide bonds. The third kappa shape index (κ3) is 3.26. The molecule has 110 valence electrons. The van der Waals surface area contributed by atoms with Gasteiger partial charge in [0.2, 0.25) is 0 Å². The molecule has 2 N–H and O–H groups in total. The first-order chi connectivity index (χ1) is 10.0. The molecule has 2 aromatic rings. The van der Waals surface area contributed by atoms with Crippen molar-refractivity contribution in [2.75, 3.05) is 6.54 Å². The molecule has 2 rings (SSSR count). The summed E-state index contributed by atoms with van der Waals surface area (Å²) in [5.74, 6) is -0.145. The van der Waals surface area contributed by atoms with E-state index in [4.69, 9.17) is 4.42 Å². The van der Waals surface area contributed by atoms with Crippen molar-refractivity contribution < 1.29 is 19.2 Å². The third-order valence-corrected chi connectivity index (χ3v) is 3.07. The molecule has 1 unspecified atom stereocenters. The molecule has 1 atom stereocenters. The van der Waals surface area contributed by atoms with E-state index < -0.39 is 16.9 Å². The van der Waals surface area contributed by atoms with Crippen LogP contribution < -0.4 is 5.32 Å². The van der Waals surface area contributed by atoms with Crippen LogP contribution in [0.3, 0.4) is 0 Å². The number of nitro benzene ring substituents is 1. The predicted molar refractivity (Wildman–Crippen MR) is 73.8 cm³/mol. The first-order valence-corrected chi connectivity index (χ1v) is 6.24. The van der Waals surface area contributed by atoms with Crippen molar-refractivity contribution in [3.05, 3.63) is 63.6 Å². The number of nitrogens with one attached hydrogen (secondary N) is 1. The van der Waals surface area contributed by atoms with Crippen molar-refractivity contribution in [1.82, 2.24) is 5.32 Å². The van der Waals surface area contributed by atoms with Crippen LogP contribution in [0, 0.1) is 17.0 Å². The van der Waals surface area contributed by atoms with E-state index in [0.717, 1.165) is 0 Å². The predicted octanol–water partition coefficient (Wildman–Crippen LogP) is 1.96. The van der Waals surface area contributed by atoms with Crippen LogP contribution in [0.25, 0.3) is 0 Å². The number of hydrogen-bond acceptors (Lipinski definition) is 5. The Morgan fingerprint density at radius 3 is 2.81 bits per heavy atom. The van der Waals surface area contributed by atoms with Gasteiger partial charge in [-0.3, -0.25) is 14.9 Å². The highest BCUT2D eigenvalue weighted by atomic mass is 16.6. The van der Waals surface area contributed by atoms with Crippen molar-refractivity contribution in [1.29, 1.82) is 0 Å². The highest BCUT2D eigenvalue weighted by molar-refractivity contribution is 5.96. The molecule has 0 spiro atoms.